The molecule has 0 amide bonds. The number of hydrogen-bond acceptors (Lipinski definition) is 1. The largest absolute Gasteiger partial charge is 0.358 e. The molecule has 0 radical (unpaired) electrons. The number of aromatic nitrogens is 3. The van der Waals surface area contributed by atoms with Crippen LogP contribution in [-0.4, -0.2) is 14.5 Å². The minimum Gasteiger partial charge on any atom is -0.358 e. The van der Waals surface area contributed by atoms with Crippen LogP contribution in [0.1, 0.15) is 11.4 Å². The van der Waals surface area contributed by atoms with Crippen molar-refractivity contribution in [3.63, 3.8) is 0 Å². The Hall–Kier alpha value is -3.33. The molecule has 3 heterocycles. The molecule has 120 valence electrons. The molecule has 0 unspecified atom stereocenters. The van der Waals surface area contributed by atoms with E-state index >= 15 is 0 Å². The van der Waals surface area contributed by atoms with E-state index in [4.69, 9.17) is 0 Å². The van der Waals surface area contributed by atoms with Gasteiger partial charge in [0.15, 0.2) is 0 Å². The molecule has 0 aliphatic carbocycles. The Morgan fingerprint density at radius 2 is 1.60 bits per heavy atom. The average Bonchev–Trinajstić information content (AvgIpc) is 3.22. The van der Waals surface area contributed by atoms with Crippen molar-refractivity contribution in [3.05, 3.63) is 96.4 Å². The molecule has 2 aromatic carbocycles. The number of fused-ring (bicyclic) bond motifs is 2. The molecule has 0 saturated heterocycles. The molecule has 0 spiro atoms. The summed E-state index contributed by atoms with van der Waals surface area (Å²) >= 11 is 0. The summed E-state index contributed by atoms with van der Waals surface area (Å²) < 4.78 is 2.25. The number of benzene rings is 2. The molecule has 3 nitrogen and oxygen atoms in total. The highest BCUT2D eigenvalue weighted by Crippen LogP contribution is 2.26. The van der Waals surface area contributed by atoms with Gasteiger partial charge in [-0.2, -0.15) is 0 Å². The van der Waals surface area contributed by atoms with Crippen molar-refractivity contribution in [3.8, 4) is 5.82 Å². The van der Waals surface area contributed by atoms with E-state index in [-0.39, 0.29) is 0 Å². The third-order valence-electron chi connectivity index (χ3n) is 4.62. The predicted molar refractivity (Wildman–Crippen MR) is 102 cm³/mol. The van der Waals surface area contributed by atoms with E-state index in [1.54, 1.807) is 0 Å². The minimum atomic E-state index is 0.833. The maximum absolute atomic E-state index is 4.57. The molecule has 0 aliphatic heterocycles. The summed E-state index contributed by atoms with van der Waals surface area (Å²) in [6, 6.07) is 27.4. The number of pyridine rings is 1. The van der Waals surface area contributed by atoms with Crippen LogP contribution in [0.15, 0.2) is 85.1 Å². The van der Waals surface area contributed by atoms with Crippen molar-refractivity contribution in [2.24, 2.45) is 0 Å². The first-order valence-corrected chi connectivity index (χ1v) is 8.46. The fraction of sp³-hybridized carbons (Fsp3) is 0.0455. The zero-order valence-electron chi connectivity index (χ0n) is 13.7. The Labute approximate surface area is 145 Å². The number of nitrogens with zero attached hydrogens (tertiary/aromatic N) is 2. The maximum atomic E-state index is 4.57. The Morgan fingerprint density at radius 3 is 2.44 bits per heavy atom. The summed E-state index contributed by atoms with van der Waals surface area (Å²) in [5.74, 6) is 0.954. The molecular weight excluding hydrogens is 306 g/mol. The van der Waals surface area contributed by atoms with Crippen LogP contribution >= 0.6 is 0 Å². The summed E-state index contributed by atoms with van der Waals surface area (Å²) in [6.45, 7) is 0. The molecule has 3 aromatic heterocycles. The summed E-state index contributed by atoms with van der Waals surface area (Å²) in [5.41, 5.74) is 4.80. The molecule has 25 heavy (non-hydrogen) atoms. The van der Waals surface area contributed by atoms with Crippen LogP contribution in [0, 0.1) is 0 Å². The van der Waals surface area contributed by atoms with Gasteiger partial charge >= 0.3 is 0 Å². The van der Waals surface area contributed by atoms with Crippen LogP contribution in [0.5, 0.6) is 0 Å². The quantitative estimate of drug-likeness (QED) is 0.492. The highest BCUT2D eigenvalue weighted by atomic mass is 15.1. The Morgan fingerprint density at radius 1 is 0.800 bits per heavy atom. The molecule has 0 fully saturated rings. The number of hydrogen-bond donors (Lipinski definition) is 1. The van der Waals surface area contributed by atoms with Gasteiger partial charge in [0.05, 0.1) is 5.52 Å². The summed E-state index contributed by atoms with van der Waals surface area (Å²) in [6.07, 6.45) is 2.68. The van der Waals surface area contributed by atoms with Crippen molar-refractivity contribution in [2.45, 2.75) is 6.42 Å². The number of para-hydroxylation sites is 2. The summed E-state index contributed by atoms with van der Waals surface area (Å²) in [4.78, 5) is 8.10. The second-order valence-electron chi connectivity index (χ2n) is 6.28. The van der Waals surface area contributed by atoms with Gasteiger partial charge in [-0.05, 0) is 41.8 Å². The number of aromatic amines is 1. The second-order valence-corrected chi connectivity index (χ2v) is 6.28. The smallest absolute Gasteiger partial charge is 0.137 e. The molecule has 3 heteroatoms. The van der Waals surface area contributed by atoms with Crippen LogP contribution in [-0.2, 0) is 6.42 Å². The van der Waals surface area contributed by atoms with Gasteiger partial charge in [-0.3, -0.25) is 4.57 Å². The fourth-order valence-electron chi connectivity index (χ4n) is 3.52. The van der Waals surface area contributed by atoms with Crippen LogP contribution in [0.3, 0.4) is 0 Å². The fourth-order valence-corrected chi connectivity index (χ4v) is 3.52. The second kappa shape index (κ2) is 5.64. The number of rotatable bonds is 3. The normalized spacial score (nSPS) is 11.4. The highest BCUT2D eigenvalue weighted by molar-refractivity contribution is 5.83. The van der Waals surface area contributed by atoms with E-state index in [9.17, 15) is 0 Å². The summed E-state index contributed by atoms with van der Waals surface area (Å²) in [5, 5.41) is 2.48. The zero-order chi connectivity index (χ0) is 16.6. The highest BCUT2D eigenvalue weighted by Gasteiger charge is 2.12. The SMILES string of the molecule is c1ccc(-n2c(Cc3cc4ccccc4[nH]3)cc3ccccc32)nc1. The first-order chi connectivity index (χ1) is 12.4. The standard InChI is InChI=1S/C22H17N3/c1-3-9-20-16(7-1)13-18(24-20)15-19-14-17-8-2-4-10-21(17)25(19)22-11-5-6-12-23-22/h1-14,24H,15H2. The molecule has 5 aromatic rings. The van der Waals surface area contributed by atoms with Gasteiger partial charge in [0.25, 0.3) is 0 Å². The van der Waals surface area contributed by atoms with Crippen LogP contribution in [0.25, 0.3) is 27.6 Å². The van der Waals surface area contributed by atoms with E-state index < -0.39 is 0 Å². The molecule has 0 atom stereocenters. The molecule has 0 saturated carbocycles. The van der Waals surface area contributed by atoms with Crippen molar-refractivity contribution < 1.29 is 0 Å². The van der Waals surface area contributed by atoms with Crippen LogP contribution in [0.4, 0.5) is 0 Å². The van der Waals surface area contributed by atoms with Gasteiger partial charge in [-0.25, -0.2) is 4.98 Å². The lowest BCUT2D eigenvalue weighted by Crippen LogP contribution is -2.02. The van der Waals surface area contributed by atoms with Crippen LogP contribution in [0.2, 0.25) is 0 Å². The third kappa shape index (κ3) is 2.41. The lowest BCUT2D eigenvalue weighted by Gasteiger charge is -2.09. The van der Waals surface area contributed by atoms with Crippen molar-refractivity contribution in [1.29, 1.82) is 0 Å². The molecule has 0 bridgehead atoms. The van der Waals surface area contributed by atoms with Gasteiger partial charge in [0.2, 0.25) is 0 Å². The van der Waals surface area contributed by atoms with Crippen molar-refractivity contribution in [2.75, 3.05) is 0 Å². The van der Waals surface area contributed by atoms with Crippen molar-refractivity contribution in [1.82, 2.24) is 14.5 Å². The van der Waals surface area contributed by atoms with Gasteiger partial charge in [-0.15, -0.1) is 0 Å². The van der Waals surface area contributed by atoms with Gasteiger partial charge < -0.3 is 4.98 Å². The average molecular weight is 323 g/mol. The monoisotopic (exact) mass is 323 g/mol. The predicted octanol–water partition coefficient (Wildman–Crippen LogP) is 5.10. The Bertz CT molecular complexity index is 1130. The van der Waals surface area contributed by atoms with E-state index in [1.165, 1.54) is 33.2 Å². The number of nitrogens with one attached hydrogen (secondary N) is 1. The first kappa shape index (κ1) is 14.1. The zero-order valence-corrected chi connectivity index (χ0v) is 13.7. The third-order valence-corrected chi connectivity index (χ3v) is 4.62. The van der Waals surface area contributed by atoms with Crippen LogP contribution < -0.4 is 0 Å². The topological polar surface area (TPSA) is 33.6 Å². The Balaban J connectivity index is 1.67. The van der Waals surface area contributed by atoms with Crippen molar-refractivity contribution >= 4 is 21.8 Å². The molecule has 0 aliphatic rings. The van der Waals surface area contributed by atoms with Gasteiger partial charge in [0, 0.05) is 34.9 Å². The van der Waals surface area contributed by atoms with E-state index in [0.29, 0.717) is 0 Å². The minimum absolute atomic E-state index is 0.833. The molecular formula is C22H17N3. The lowest BCUT2D eigenvalue weighted by atomic mass is 10.2. The maximum Gasteiger partial charge on any atom is 0.137 e. The molecule has 5 rings (SSSR count). The first-order valence-electron chi connectivity index (χ1n) is 8.46. The van der Waals surface area contributed by atoms with E-state index in [1.807, 2.05) is 18.3 Å². The van der Waals surface area contributed by atoms with Gasteiger partial charge in [-0.1, -0.05) is 42.5 Å². The lowest BCUT2D eigenvalue weighted by molar-refractivity contribution is 0.935. The summed E-state index contributed by atoms with van der Waals surface area (Å²) in [7, 11) is 0. The Kier molecular flexibility index (Phi) is 3.17. The van der Waals surface area contributed by atoms with E-state index in [2.05, 4.69) is 81.3 Å². The van der Waals surface area contributed by atoms with E-state index in [0.717, 1.165) is 12.2 Å². The number of H-pyrrole nitrogens is 1. The van der Waals surface area contributed by atoms with Gasteiger partial charge in [0.1, 0.15) is 5.82 Å². The molecule has 1 N–H and O–H groups in total.